The topological polar surface area (TPSA) is 86.8 Å². The Morgan fingerprint density at radius 2 is 1.48 bits per heavy atom. The number of nitrogens with one attached hydrogen (secondary N) is 1. The first-order chi connectivity index (χ1) is 21.8. The molecule has 242 valence electrons. The number of anilines is 1. The van der Waals surface area contributed by atoms with Crippen LogP contribution >= 0.6 is 23.2 Å². The second-order valence-electron chi connectivity index (χ2n) is 11.8. The summed E-state index contributed by atoms with van der Waals surface area (Å²) in [6.07, 6.45) is 0.227. The van der Waals surface area contributed by atoms with Crippen molar-refractivity contribution in [2.24, 2.45) is 5.92 Å². The minimum absolute atomic E-state index is 0.0300. The number of nitrogens with zero attached hydrogens (tertiary/aromatic N) is 2. The number of aryl methyl sites for hydroxylation is 2. The first kappa shape index (κ1) is 35.0. The number of benzene rings is 4. The van der Waals surface area contributed by atoms with Gasteiger partial charge in [0.15, 0.2) is 0 Å². The molecule has 1 N–H and O–H groups in total. The van der Waals surface area contributed by atoms with Crippen LogP contribution in [-0.4, -0.2) is 44.3 Å². The molecule has 0 fully saturated rings. The molecule has 0 aromatic heterocycles. The predicted molar refractivity (Wildman–Crippen MR) is 186 cm³/mol. The molecule has 0 saturated heterocycles. The highest BCUT2D eigenvalue weighted by atomic mass is 35.5. The van der Waals surface area contributed by atoms with Crippen molar-refractivity contribution in [2.45, 2.75) is 51.6 Å². The lowest BCUT2D eigenvalue weighted by atomic mass is 10.0. The molecule has 0 saturated carbocycles. The second-order valence-corrected chi connectivity index (χ2v) is 14.5. The minimum atomic E-state index is -4.22. The van der Waals surface area contributed by atoms with Crippen molar-refractivity contribution in [3.05, 3.63) is 129 Å². The van der Waals surface area contributed by atoms with E-state index in [1.807, 2.05) is 58.0 Å². The minimum Gasteiger partial charge on any atom is -0.354 e. The Hall–Kier alpha value is -3.85. The molecule has 0 heterocycles. The smallest absolute Gasteiger partial charge is 0.264 e. The lowest BCUT2D eigenvalue weighted by Crippen LogP contribution is -2.53. The van der Waals surface area contributed by atoms with E-state index in [4.69, 9.17) is 23.2 Å². The van der Waals surface area contributed by atoms with Gasteiger partial charge in [-0.3, -0.25) is 13.9 Å². The van der Waals surface area contributed by atoms with Crippen LogP contribution in [0.5, 0.6) is 0 Å². The molecule has 4 aromatic rings. The zero-order valence-electron chi connectivity index (χ0n) is 26.4. The summed E-state index contributed by atoms with van der Waals surface area (Å²) >= 11 is 12.6. The van der Waals surface area contributed by atoms with Gasteiger partial charge >= 0.3 is 0 Å². The van der Waals surface area contributed by atoms with Crippen molar-refractivity contribution < 1.29 is 18.0 Å². The van der Waals surface area contributed by atoms with Crippen molar-refractivity contribution in [1.29, 1.82) is 0 Å². The van der Waals surface area contributed by atoms with Crippen LogP contribution in [0.4, 0.5) is 5.69 Å². The van der Waals surface area contributed by atoms with Gasteiger partial charge in [-0.2, -0.15) is 0 Å². The van der Waals surface area contributed by atoms with E-state index in [2.05, 4.69) is 5.32 Å². The van der Waals surface area contributed by atoms with E-state index in [1.165, 1.54) is 23.1 Å². The van der Waals surface area contributed by atoms with E-state index in [-0.39, 0.29) is 35.4 Å². The van der Waals surface area contributed by atoms with Gasteiger partial charge in [0, 0.05) is 29.6 Å². The number of sulfonamides is 1. The van der Waals surface area contributed by atoms with E-state index in [9.17, 15) is 18.0 Å². The molecular formula is C36H39Cl2N3O4S. The Labute approximate surface area is 282 Å². The van der Waals surface area contributed by atoms with Gasteiger partial charge in [-0.05, 0) is 72.9 Å². The van der Waals surface area contributed by atoms with Gasteiger partial charge in [0.05, 0.1) is 10.6 Å². The summed E-state index contributed by atoms with van der Waals surface area (Å²) in [5, 5.41) is 3.88. The molecule has 0 spiro atoms. The average Bonchev–Trinajstić information content (AvgIpc) is 3.03. The van der Waals surface area contributed by atoms with Gasteiger partial charge in [-0.25, -0.2) is 8.42 Å². The van der Waals surface area contributed by atoms with Gasteiger partial charge < -0.3 is 10.2 Å². The lowest BCUT2D eigenvalue weighted by molar-refractivity contribution is -0.140. The number of amides is 2. The number of hydrogen-bond donors (Lipinski definition) is 1. The number of carbonyl (C=O) groups excluding carboxylic acids is 2. The molecule has 0 aliphatic carbocycles. The van der Waals surface area contributed by atoms with Crippen molar-refractivity contribution in [3.63, 3.8) is 0 Å². The highest BCUT2D eigenvalue weighted by Gasteiger charge is 2.34. The Kier molecular flexibility index (Phi) is 11.9. The van der Waals surface area contributed by atoms with Crippen LogP contribution < -0.4 is 9.62 Å². The second kappa shape index (κ2) is 15.6. The van der Waals surface area contributed by atoms with Gasteiger partial charge in [-0.1, -0.05) is 103 Å². The highest BCUT2D eigenvalue weighted by Crippen LogP contribution is 2.29. The summed E-state index contributed by atoms with van der Waals surface area (Å²) in [5.74, 6) is -0.697. The molecule has 0 aliphatic heterocycles. The van der Waals surface area contributed by atoms with E-state index < -0.39 is 28.5 Å². The first-order valence-electron chi connectivity index (χ1n) is 15.1. The maximum atomic E-state index is 14.5. The molecule has 10 heteroatoms. The number of halogens is 2. The van der Waals surface area contributed by atoms with E-state index >= 15 is 0 Å². The molecule has 1 atom stereocenters. The fraction of sp³-hybridized carbons (Fsp3) is 0.278. The third kappa shape index (κ3) is 9.12. The summed E-state index contributed by atoms with van der Waals surface area (Å²) in [5.41, 5.74) is 3.48. The standard InChI is InChI=1S/C36H39Cl2N3O4S/c1-25(2)22-39-36(43)34(20-28-8-6-5-7-9-28)40(23-29-13-15-30(37)16-14-29)35(42)24-41(31-17-12-27(4)33(38)21-31)46(44,45)32-18-10-26(3)11-19-32/h5-19,21,25,34H,20,22-24H2,1-4H3,(H,39,43). The van der Waals surface area contributed by atoms with E-state index in [1.54, 1.807) is 48.5 Å². The Morgan fingerprint density at radius 3 is 2.09 bits per heavy atom. The highest BCUT2D eigenvalue weighted by molar-refractivity contribution is 7.92. The molecule has 46 heavy (non-hydrogen) atoms. The van der Waals surface area contributed by atoms with Crippen molar-refractivity contribution in [1.82, 2.24) is 10.2 Å². The summed E-state index contributed by atoms with van der Waals surface area (Å²) < 4.78 is 29.4. The van der Waals surface area contributed by atoms with Crippen LogP contribution in [0.3, 0.4) is 0 Å². The molecule has 2 amide bonds. The van der Waals surface area contributed by atoms with Crippen LogP contribution in [0.15, 0.2) is 102 Å². The van der Waals surface area contributed by atoms with Gasteiger partial charge in [0.1, 0.15) is 12.6 Å². The maximum absolute atomic E-state index is 14.5. The summed E-state index contributed by atoms with van der Waals surface area (Å²) in [6, 6.07) is 26.8. The molecule has 1 unspecified atom stereocenters. The van der Waals surface area contributed by atoms with Crippen molar-refractivity contribution in [2.75, 3.05) is 17.4 Å². The Balaban J connectivity index is 1.81. The number of hydrogen-bond acceptors (Lipinski definition) is 4. The lowest BCUT2D eigenvalue weighted by Gasteiger charge is -2.34. The molecule has 0 bridgehead atoms. The summed E-state index contributed by atoms with van der Waals surface area (Å²) in [4.78, 5) is 29.9. The molecule has 4 rings (SSSR count). The monoisotopic (exact) mass is 679 g/mol. The fourth-order valence-corrected chi connectivity index (χ4v) is 6.57. The average molecular weight is 681 g/mol. The largest absolute Gasteiger partial charge is 0.354 e. The SMILES string of the molecule is Cc1ccc(S(=O)(=O)N(CC(=O)N(Cc2ccc(Cl)cc2)C(Cc2ccccc2)C(=O)NCC(C)C)c2ccc(C)c(Cl)c2)cc1. The van der Waals surface area contributed by atoms with Crippen LogP contribution in [0.25, 0.3) is 0 Å². The van der Waals surface area contributed by atoms with Crippen LogP contribution in [0, 0.1) is 19.8 Å². The maximum Gasteiger partial charge on any atom is 0.264 e. The predicted octanol–water partition coefficient (Wildman–Crippen LogP) is 7.22. The normalized spacial score (nSPS) is 12.1. The molecule has 4 aromatic carbocycles. The zero-order valence-corrected chi connectivity index (χ0v) is 28.7. The third-order valence-corrected chi connectivity index (χ3v) is 10.0. The first-order valence-corrected chi connectivity index (χ1v) is 17.3. The molecule has 0 radical (unpaired) electrons. The van der Waals surface area contributed by atoms with Gasteiger partial charge in [0.2, 0.25) is 11.8 Å². The van der Waals surface area contributed by atoms with Gasteiger partial charge in [0.25, 0.3) is 10.0 Å². The Bertz CT molecular complexity index is 1750. The summed E-state index contributed by atoms with van der Waals surface area (Å²) in [7, 11) is -4.22. The van der Waals surface area contributed by atoms with Crippen molar-refractivity contribution in [3.8, 4) is 0 Å². The van der Waals surface area contributed by atoms with Crippen LogP contribution in [0.1, 0.15) is 36.1 Å². The summed E-state index contributed by atoms with van der Waals surface area (Å²) in [6.45, 7) is 7.56. The van der Waals surface area contributed by atoms with Crippen LogP contribution in [0.2, 0.25) is 10.0 Å². The third-order valence-electron chi connectivity index (χ3n) is 7.55. The Morgan fingerprint density at radius 1 is 0.826 bits per heavy atom. The zero-order chi connectivity index (χ0) is 33.4. The molecule has 7 nitrogen and oxygen atoms in total. The van der Waals surface area contributed by atoms with Crippen LogP contribution in [-0.2, 0) is 32.6 Å². The molecular weight excluding hydrogens is 641 g/mol. The number of carbonyl (C=O) groups is 2. The van der Waals surface area contributed by atoms with Crippen molar-refractivity contribution >= 4 is 50.7 Å². The van der Waals surface area contributed by atoms with E-state index in [0.717, 1.165) is 26.6 Å². The van der Waals surface area contributed by atoms with Gasteiger partial charge in [-0.15, -0.1) is 0 Å². The fourth-order valence-electron chi connectivity index (χ4n) is 4.87. The van der Waals surface area contributed by atoms with E-state index in [0.29, 0.717) is 16.6 Å². The quantitative estimate of drug-likeness (QED) is 0.162. The molecule has 0 aliphatic rings. The number of rotatable bonds is 13.